The van der Waals surface area contributed by atoms with Gasteiger partial charge in [0.25, 0.3) is 0 Å². The van der Waals surface area contributed by atoms with Gasteiger partial charge in [0, 0.05) is 11.3 Å². The van der Waals surface area contributed by atoms with Gasteiger partial charge in [0.1, 0.15) is 18.5 Å². The predicted octanol–water partition coefficient (Wildman–Crippen LogP) is 5.41. The van der Waals surface area contributed by atoms with Crippen LogP contribution in [0.5, 0.6) is 0 Å². The van der Waals surface area contributed by atoms with E-state index in [0.29, 0.717) is 19.8 Å². The molecule has 8 nitrogen and oxygen atoms in total. The topological polar surface area (TPSA) is 103 Å². The minimum atomic E-state index is -0.745. The molecule has 1 heterocycles. The first kappa shape index (κ1) is 26.5. The number of hydrogen-bond donors (Lipinski definition) is 0. The molecule has 4 rings (SSSR count). The Morgan fingerprint density at radius 2 is 1.27 bits per heavy atom. The van der Waals surface area contributed by atoms with E-state index in [1.54, 1.807) is 0 Å². The largest absolute Gasteiger partial charge is 0.374 e. The van der Waals surface area contributed by atoms with Crippen molar-refractivity contribution in [1.82, 2.24) is 0 Å². The van der Waals surface area contributed by atoms with Crippen molar-refractivity contribution in [1.29, 1.82) is 0 Å². The van der Waals surface area contributed by atoms with Crippen molar-refractivity contribution in [3.8, 4) is 0 Å². The fraction of sp³-hybridized carbons (Fsp3) is 0.345. The third-order valence-electron chi connectivity index (χ3n) is 6.24. The molecular weight excluding hydrogens is 470 g/mol. The molecule has 0 saturated carbocycles. The fourth-order valence-corrected chi connectivity index (χ4v) is 4.42. The van der Waals surface area contributed by atoms with Crippen molar-refractivity contribution in [2.75, 3.05) is 6.61 Å². The first-order chi connectivity index (χ1) is 18.3. The average molecular weight is 502 g/mol. The van der Waals surface area contributed by atoms with Gasteiger partial charge in [0.2, 0.25) is 0 Å². The molecule has 8 heteroatoms. The molecule has 192 valence electrons. The van der Waals surface area contributed by atoms with Crippen LogP contribution in [0.2, 0.25) is 0 Å². The Morgan fingerprint density at radius 3 is 1.78 bits per heavy atom. The van der Waals surface area contributed by atoms with Gasteiger partial charge in [-0.15, -0.1) is 0 Å². The van der Waals surface area contributed by atoms with Crippen LogP contribution in [0.4, 0.5) is 0 Å². The molecular formula is C29H31N3O5. The van der Waals surface area contributed by atoms with Gasteiger partial charge in [-0.25, -0.2) is 0 Å². The maximum Gasteiger partial charge on any atom is 0.122 e. The number of benzene rings is 3. The monoisotopic (exact) mass is 501 g/mol. The van der Waals surface area contributed by atoms with E-state index in [1.807, 2.05) is 91.0 Å². The molecule has 0 aliphatic carbocycles. The van der Waals surface area contributed by atoms with Gasteiger partial charge in [-0.2, -0.15) is 0 Å². The van der Waals surface area contributed by atoms with Crippen LogP contribution in [0.15, 0.2) is 96.1 Å². The second-order valence-corrected chi connectivity index (χ2v) is 8.83. The summed E-state index contributed by atoms with van der Waals surface area (Å²) in [5.41, 5.74) is 12.3. The maximum absolute atomic E-state index is 11.5. The number of ether oxygens (including phenoxy) is 4. The van der Waals surface area contributed by atoms with Crippen molar-refractivity contribution in [3.05, 3.63) is 118 Å². The van der Waals surface area contributed by atoms with Crippen LogP contribution in [0.25, 0.3) is 10.4 Å². The molecule has 0 radical (unpaired) electrons. The second kappa shape index (κ2) is 14.3. The molecule has 1 fully saturated rings. The number of carbonyl (C=O) groups is 1. The van der Waals surface area contributed by atoms with Crippen LogP contribution < -0.4 is 0 Å². The molecule has 1 aliphatic heterocycles. The highest BCUT2D eigenvalue weighted by molar-refractivity contribution is 5.50. The molecule has 1 aliphatic rings. The van der Waals surface area contributed by atoms with Gasteiger partial charge < -0.3 is 23.7 Å². The summed E-state index contributed by atoms with van der Waals surface area (Å²) in [5, 5.41) is 4.00. The molecule has 3 aromatic carbocycles. The number of hydrogen-bond acceptors (Lipinski definition) is 6. The standard InChI is InChI=1S/C29H31N3O5/c30-32-31-27-25(16-17-33)37-26(21-34-18-22-10-4-1-5-11-22)28(35-19-23-12-6-2-7-13-23)29(27)36-20-24-14-8-3-9-15-24/h1-15,17,25-29H,16,18-21H2/t25-,26-,27-,28-,29-/m1/s1. The zero-order chi connectivity index (χ0) is 25.7. The summed E-state index contributed by atoms with van der Waals surface area (Å²) in [7, 11) is 0. The number of rotatable bonds is 13. The highest BCUT2D eigenvalue weighted by Gasteiger charge is 2.47. The highest BCUT2D eigenvalue weighted by atomic mass is 16.6. The first-order valence-electron chi connectivity index (χ1n) is 12.3. The van der Waals surface area contributed by atoms with E-state index in [-0.39, 0.29) is 13.0 Å². The molecule has 0 unspecified atom stereocenters. The smallest absolute Gasteiger partial charge is 0.122 e. The molecule has 0 N–H and O–H groups in total. The molecule has 5 atom stereocenters. The van der Waals surface area contributed by atoms with Gasteiger partial charge in [-0.05, 0) is 22.2 Å². The Hall–Kier alpha value is -3.52. The SMILES string of the molecule is [N-]=[N+]=N[C@H]1[C@@H](OCc2ccccc2)[C@H](OCc2ccccc2)[C@@H](COCc2ccccc2)O[C@@H]1CC=O. The minimum absolute atomic E-state index is 0.0650. The first-order valence-corrected chi connectivity index (χ1v) is 12.3. The molecule has 1 saturated heterocycles. The molecule has 37 heavy (non-hydrogen) atoms. The van der Waals surface area contributed by atoms with Crippen molar-refractivity contribution < 1.29 is 23.7 Å². The second-order valence-electron chi connectivity index (χ2n) is 8.83. The summed E-state index contributed by atoms with van der Waals surface area (Å²) < 4.78 is 25.1. The van der Waals surface area contributed by atoms with E-state index in [2.05, 4.69) is 10.0 Å². The zero-order valence-electron chi connectivity index (χ0n) is 20.5. The van der Waals surface area contributed by atoms with Gasteiger partial charge in [-0.1, -0.05) is 96.1 Å². The summed E-state index contributed by atoms with van der Waals surface area (Å²) in [6.07, 6.45) is -1.61. The van der Waals surface area contributed by atoms with E-state index in [0.717, 1.165) is 23.0 Å². The van der Waals surface area contributed by atoms with Gasteiger partial charge >= 0.3 is 0 Å². The Bertz CT molecular complexity index is 1130. The highest BCUT2D eigenvalue weighted by Crippen LogP contribution is 2.31. The zero-order valence-corrected chi connectivity index (χ0v) is 20.5. The number of azide groups is 1. The summed E-state index contributed by atoms with van der Waals surface area (Å²) in [6, 6.07) is 28.6. The Morgan fingerprint density at radius 1 is 0.757 bits per heavy atom. The molecule has 0 spiro atoms. The van der Waals surface area contributed by atoms with Gasteiger partial charge in [0.15, 0.2) is 0 Å². The lowest BCUT2D eigenvalue weighted by Gasteiger charge is -2.44. The van der Waals surface area contributed by atoms with E-state index in [9.17, 15) is 10.3 Å². The average Bonchev–Trinajstić information content (AvgIpc) is 2.94. The van der Waals surface area contributed by atoms with E-state index < -0.39 is 30.5 Å². The molecule has 3 aromatic rings. The number of aldehydes is 1. The Kier molecular flexibility index (Phi) is 10.2. The normalized spacial score (nSPS) is 23.2. The van der Waals surface area contributed by atoms with Crippen molar-refractivity contribution >= 4 is 6.29 Å². The summed E-state index contributed by atoms with van der Waals surface area (Å²) in [5.74, 6) is 0. The lowest BCUT2D eigenvalue weighted by Crippen LogP contribution is -2.59. The van der Waals surface area contributed by atoms with E-state index >= 15 is 0 Å². The van der Waals surface area contributed by atoms with Gasteiger partial charge in [0.05, 0.1) is 44.7 Å². The lowest BCUT2D eigenvalue weighted by molar-refractivity contribution is -0.227. The maximum atomic E-state index is 11.5. The number of carbonyl (C=O) groups excluding carboxylic acids is 1. The van der Waals surface area contributed by atoms with Crippen LogP contribution in [0.1, 0.15) is 23.1 Å². The quantitative estimate of drug-likeness (QED) is 0.135. The summed E-state index contributed by atoms with van der Waals surface area (Å²) >= 11 is 0. The van der Waals surface area contributed by atoms with Crippen molar-refractivity contribution in [2.24, 2.45) is 5.11 Å². The predicted molar refractivity (Wildman–Crippen MR) is 138 cm³/mol. The minimum Gasteiger partial charge on any atom is -0.374 e. The van der Waals surface area contributed by atoms with Crippen LogP contribution in [0.3, 0.4) is 0 Å². The van der Waals surface area contributed by atoms with Crippen LogP contribution in [-0.4, -0.2) is 43.4 Å². The Labute approximate surface area is 216 Å². The summed E-state index contributed by atoms with van der Waals surface area (Å²) in [4.78, 5) is 14.5. The molecule has 0 bridgehead atoms. The fourth-order valence-electron chi connectivity index (χ4n) is 4.42. The van der Waals surface area contributed by atoms with E-state index in [1.165, 1.54) is 0 Å². The third kappa shape index (κ3) is 7.73. The molecule has 0 amide bonds. The van der Waals surface area contributed by atoms with Crippen molar-refractivity contribution in [3.63, 3.8) is 0 Å². The van der Waals surface area contributed by atoms with Crippen LogP contribution >= 0.6 is 0 Å². The van der Waals surface area contributed by atoms with Crippen LogP contribution in [-0.2, 0) is 43.6 Å². The summed E-state index contributed by atoms with van der Waals surface area (Å²) in [6.45, 7) is 1.23. The Balaban J connectivity index is 1.57. The van der Waals surface area contributed by atoms with E-state index in [4.69, 9.17) is 18.9 Å². The van der Waals surface area contributed by atoms with Crippen molar-refractivity contribution in [2.45, 2.75) is 56.7 Å². The number of nitrogens with zero attached hydrogens (tertiary/aromatic N) is 3. The van der Waals surface area contributed by atoms with Gasteiger partial charge in [-0.3, -0.25) is 0 Å². The lowest BCUT2D eigenvalue weighted by atomic mass is 9.91. The molecule has 0 aromatic heterocycles. The van der Waals surface area contributed by atoms with Crippen LogP contribution in [0, 0.1) is 0 Å². The third-order valence-corrected chi connectivity index (χ3v) is 6.24.